The molecule has 0 saturated heterocycles. The Kier molecular flexibility index (Phi) is 2.70. The van der Waals surface area contributed by atoms with Crippen LogP contribution in [0, 0.1) is 0 Å². The number of hydrogen-bond donors (Lipinski definition) is 1. The predicted molar refractivity (Wildman–Crippen MR) is 82.4 cm³/mol. The summed E-state index contributed by atoms with van der Waals surface area (Å²) in [7, 11) is 0. The SMILES string of the molecule is CC(C)(C)c1ccc(-c2ccc3[nH]ccc3c2)cc1. The molecular formula is C18H19N. The van der Waals surface area contributed by atoms with Gasteiger partial charge in [0.15, 0.2) is 0 Å². The Balaban J connectivity index is 2.01. The first kappa shape index (κ1) is 12.0. The molecule has 0 atom stereocenters. The van der Waals surface area contributed by atoms with Crippen LogP contribution in [0.15, 0.2) is 54.7 Å². The molecule has 0 aliphatic heterocycles. The maximum absolute atomic E-state index is 3.23. The molecule has 0 aliphatic rings. The fraction of sp³-hybridized carbons (Fsp3) is 0.222. The third kappa shape index (κ3) is 2.28. The van der Waals surface area contributed by atoms with E-state index < -0.39 is 0 Å². The van der Waals surface area contributed by atoms with Gasteiger partial charge >= 0.3 is 0 Å². The van der Waals surface area contributed by atoms with E-state index in [4.69, 9.17) is 0 Å². The van der Waals surface area contributed by atoms with Gasteiger partial charge < -0.3 is 4.98 Å². The van der Waals surface area contributed by atoms with Crippen molar-refractivity contribution in [3.8, 4) is 11.1 Å². The van der Waals surface area contributed by atoms with Gasteiger partial charge in [-0.2, -0.15) is 0 Å². The zero-order valence-electron chi connectivity index (χ0n) is 11.7. The molecule has 0 aliphatic carbocycles. The number of rotatable bonds is 1. The summed E-state index contributed by atoms with van der Waals surface area (Å²) in [5, 5.41) is 1.26. The highest BCUT2D eigenvalue weighted by Gasteiger charge is 2.13. The van der Waals surface area contributed by atoms with Gasteiger partial charge in [0.2, 0.25) is 0 Å². The minimum atomic E-state index is 0.211. The summed E-state index contributed by atoms with van der Waals surface area (Å²) in [5.41, 5.74) is 5.32. The summed E-state index contributed by atoms with van der Waals surface area (Å²) in [6, 6.07) is 17.6. The highest BCUT2D eigenvalue weighted by molar-refractivity contribution is 5.85. The molecule has 96 valence electrons. The third-order valence-electron chi connectivity index (χ3n) is 3.64. The first-order valence-electron chi connectivity index (χ1n) is 6.72. The van der Waals surface area contributed by atoms with Crippen LogP contribution < -0.4 is 0 Å². The number of aromatic nitrogens is 1. The lowest BCUT2D eigenvalue weighted by Gasteiger charge is -2.19. The largest absolute Gasteiger partial charge is 0.361 e. The van der Waals surface area contributed by atoms with Crippen LogP contribution in [-0.2, 0) is 5.41 Å². The molecule has 0 bridgehead atoms. The lowest BCUT2D eigenvalue weighted by Crippen LogP contribution is -2.10. The molecule has 1 N–H and O–H groups in total. The topological polar surface area (TPSA) is 15.8 Å². The van der Waals surface area contributed by atoms with Gasteiger partial charge in [0, 0.05) is 11.7 Å². The first-order valence-corrected chi connectivity index (χ1v) is 6.72. The fourth-order valence-electron chi connectivity index (χ4n) is 2.40. The van der Waals surface area contributed by atoms with Crippen LogP contribution >= 0.6 is 0 Å². The van der Waals surface area contributed by atoms with E-state index in [1.54, 1.807) is 0 Å². The van der Waals surface area contributed by atoms with Crippen LogP contribution in [0.2, 0.25) is 0 Å². The minimum Gasteiger partial charge on any atom is -0.361 e. The molecule has 2 aromatic carbocycles. The number of nitrogens with one attached hydrogen (secondary N) is 1. The third-order valence-corrected chi connectivity index (χ3v) is 3.64. The molecule has 0 spiro atoms. The highest BCUT2D eigenvalue weighted by atomic mass is 14.7. The van der Waals surface area contributed by atoms with Crippen LogP contribution in [0.1, 0.15) is 26.3 Å². The summed E-state index contributed by atoms with van der Waals surface area (Å²) in [4.78, 5) is 3.23. The number of H-pyrrole nitrogens is 1. The summed E-state index contributed by atoms with van der Waals surface area (Å²) in [5.74, 6) is 0. The zero-order valence-corrected chi connectivity index (χ0v) is 11.7. The van der Waals surface area contributed by atoms with Gasteiger partial charge in [-0.25, -0.2) is 0 Å². The van der Waals surface area contributed by atoms with Crippen molar-refractivity contribution in [1.82, 2.24) is 4.98 Å². The van der Waals surface area contributed by atoms with E-state index in [1.165, 1.54) is 27.6 Å². The van der Waals surface area contributed by atoms with E-state index in [0.29, 0.717) is 0 Å². The van der Waals surface area contributed by atoms with Crippen molar-refractivity contribution in [3.63, 3.8) is 0 Å². The molecule has 0 amide bonds. The summed E-state index contributed by atoms with van der Waals surface area (Å²) in [6.07, 6.45) is 1.98. The van der Waals surface area contributed by atoms with E-state index in [2.05, 4.69) is 74.3 Å². The second kappa shape index (κ2) is 4.27. The molecule has 0 saturated carbocycles. The molecule has 3 aromatic rings. The Morgan fingerprint density at radius 3 is 2.16 bits per heavy atom. The Morgan fingerprint density at radius 1 is 0.789 bits per heavy atom. The smallest absolute Gasteiger partial charge is 0.0454 e. The van der Waals surface area contributed by atoms with Crippen molar-refractivity contribution < 1.29 is 0 Å². The highest BCUT2D eigenvalue weighted by Crippen LogP contribution is 2.27. The Bertz CT molecular complexity index is 696. The monoisotopic (exact) mass is 249 g/mol. The average Bonchev–Trinajstić information content (AvgIpc) is 2.85. The van der Waals surface area contributed by atoms with E-state index in [0.717, 1.165) is 0 Å². The lowest BCUT2D eigenvalue weighted by molar-refractivity contribution is 0.590. The van der Waals surface area contributed by atoms with Gasteiger partial charge in [-0.15, -0.1) is 0 Å². The van der Waals surface area contributed by atoms with Crippen LogP contribution in [0.5, 0.6) is 0 Å². The molecule has 3 rings (SSSR count). The van der Waals surface area contributed by atoms with Crippen LogP contribution in [0.25, 0.3) is 22.0 Å². The van der Waals surface area contributed by atoms with Crippen LogP contribution in [0.4, 0.5) is 0 Å². The van der Waals surface area contributed by atoms with E-state index >= 15 is 0 Å². The molecule has 19 heavy (non-hydrogen) atoms. The van der Waals surface area contributed by atoms with Crippen molar-refractivity contribution >= 4 is 10.9 Å². The molecule has 1 aromatic heterocycles. The maximum Gasteiger partial charge on any atom is 0.0454 e. The molecule has 1 heteroatoms. The number of benzene rings is 2. The zero-order chi connectivity index (χ0) is 13.5. The van der Waals surface area contributed by atoms with Gasteiger partial charge in [-0.1, -0.05) is 51.1 Å². The quantitative estimate of drug-likeness (QED) is 0.615. The van der Waals surface area contributed by atoms with Crippen molar-refractivity contribution in [2.45, 2.75) is 26.2 Å². The molecule has 1 nitrogen and oxygen atoms in total. The standard InChI is InChI=1S/C18H19N/c1-18(2,3)16-7-4-13(5-8-16)14-6-9-17-15(12-14)10-11-19-17/h4-12,19H,1-3H3. The summed E-state index contributed by atoms with van der Waals surface area (Å²) >= 11 is 0. The molecule has 0 unspecified atom stereocenters. The Hall–Kier alpha value is -2.02. The van der Waals surface area contributed by atoms with E-state index in [1.807, 2.05) is 6.20 Å². The van der Waals surface area contributed by atoms with Gasteiger partial charge in [0.05, 0.1) is 0 Å². The predicted octanol–water partition coefficient (Wildman–Crippen LogP) is 5.13. The normalized spacial score (nSPS) is 11.9. The van der Waals surface area contributed by atoms with E-state index in [9.17, 15) is 0 Å². The van der Waals surface area contributed by atoms with Crippen molar-refractivity contribution in [1.29, 1.82) is 0 Å². The lowest BCUT2D eigenvalue weighted by atomic mass is 9.86. The average molecular weight is 249 g/mol. The van der Waals surface area contributed by atoms with Gasteiger partial charge in [-0.05, 0) is 45.7 Å². The Labute approximate surface area is 114 Å². The van der Waals surface area contributed by atoms with Crippen molar-refractivity contribution in [3.05, 3.63) is 60.3 Å². The minimum absolute atomic E-state index is 0.211. The molecule has 0 fully saturated rings. The number of aromatic amines is 1. The molecule has 1 heterocycles. The van der Waals surface area contributed by atoms with Crippen molar-refractivity contribution in [2.75, 3.05) is 0 Å². The number of hydrogen-bond acceptors (Lipinski definition) is 0. The Morgan fingerprint density at radius 2 is 1.47 bits per heavy atom. The van der Waals surface area contributed by atoms with E-state index in [-0.39, 0.29) is 5.41 Å². The molecular weight excluding hydrogens is 230 g/mol. The van der Waals surface area contributed by atoms with Crippen LogP contribution in [0.3, 0.4) is 0 Å². The van der Waals surface area contributed by atoms with Gasteiger partial charge in [0.1, 0.15) is 0 Å². The molecule has 0 radical (unpaired) electrons. The second-order valence-corrected chi connectivity index (χ2v) is 6.11. The van der Waals surface area contributed by atoms with Gasteiger partial charge in [-0.3, -0.25) is 0 Å². The second-order valence-electron chi connectivity index (χ2n) is 6.11. The number of fused-ring (bicyclic) bond motifs is 1. The first-order chi connectivity index (χ1) is 9.04. The summed E-state index contributed by atoms with van der Waals surface area (Å²) < 4.78 is 0. The van der Waals surface area contributed by atoms with Gasteiger partial charge in [0.25, 0.3) is 0 Å². The van der Waals surface area contributed by atoms with Crippen LogP contribution in [-0.4, -0.2) is 4.98 Å². The summed E-state index contributed by atoms with van der Waals surface area (Å²) in [6.45, 7) is 6.73. The maximum atomic E-state index is 3.23. The van der Waals surface area contributed by atoms with Crippen molar-refractivity contribution in [2.24, 2.45) is 0 Å². The fourth-order valence-corrected chi connectivity index (χ4v) is 2.40.